The molecule has 1 nitrogen and oxygen atoms in total. The molecular formula is C14H16O. The number of phenols is 1. The predicted molar refractivity (Wildman–Crippen MR) is 64.3 cm³/mol. The SMILES string of the molecule is CCC(C)c1ccc2ccccc2c1O. The molecule has 0 aliphatic rings. The maximum absolute atomic E-state index is 10.2. The lowest BCUT2D eigenvalue weighted by molar-refractivity contribution is 0.468. The van der Waals surface area contributed by atoms with Gasteiger partial charge < -0.3 is 5.11 Å². The molecule has 2 rings (SSSR count). The van der Waals surface area contributed by atoms with E-state index >= 15 is 0 Å². The molecule has 78 valence electrons. The minimum atomic E-state index is 0.412. The van der Waals surface area contributed by atoms with Crippen LogP contribution in [0.5, 0.6) is 5.75 Å². The third-order valence-corrected chi connectivity index (χ3v) is 3.08. The largest absolute Gasteiger partial charge is 0.507 e. The van der Waals surface area contributed by atoms with Crippen molar-refractivity contribution in [3.63, 3.8) is 0 Å². The molecule has 0 bridgehead atoms. The zero-order valence-corrected chi connectivity index (χ0v) is 9.20. The van der Waals surface area contributed by atoms with Crippen molar-refractivity contribution >= 4 is 10.8 Å². The number of benzene rings is 2. The average molecular weight is 200 g/mol. The lowest BCUT2D eigenvalue weighted by Gasteiger charge is -2.12. The first kappa shape index (κ1) is 10.0. The molecular weight excluding hydrogens is 184 g/mol. The molecule has 2 aromatic rings. The van der Waals surface area contributed by atoms with Crippen molar-refractivity contribution < 1.29 is 5.11 Å². The summed E-state index contributed by atoms with van der Waals surface area (Å²) in [5.74, 6) is 0.858. The number of phenolic OH excluding ortho intramolecular Hbond substituents is 1. The van der Waals surface area contributed by atoms with Gasteiger partial charge in [-0.05, 0) is 23.3 Å². The van der Waals surface area contributed by atoms with Crippen LogP contribution >= 0.6 is 0 Å². The number of fused-ring (bicyclic) bond motifs is 1. The van der Waals surface area contributed by atoms with Crippen LogP contribution in [0.25, 0.3) is 10.8 Å². The van der Waals surface area contributed by atoms with Crippen molar-refractivity contribution in [2.75, 3.05) is 0 Å². The normalized spacial score (nSPS) is 12.9. The molecule has 15 heavy (non-hydrogen) atoms. The summed E-state index contributed by atoms with van der Waals surface area (Å²) in [7, 11) is 0. The van der Waals surface area contributed by atoms with E-state index in [1.54, 1.807) is 0 Å². The average Bonchev–Trinajstić information content (AvgIpc) is 2.29. The minimum Gasteiger partial charge on any atom is -0.507 e. The van der Waals surface area contributed by atoms with Gasteiger partial charge in [-0.25, -0.2) is 0 Å². The fourth-order valence-electron chi connectivity index (χ4n) is 1.89. The van der Waals surface area contributed by atoms with Crippen LogP contribution in [-0.2, 0) is 0 Å². The molecule has 1 heteroatoms. The summed E-state index contributed by atoms with van der Waals surface area (Å²) >= 11 is 0. The molecule has 0 radical (unpaired) electrons. The Labute approximate surface area is 90.4 Å². The maximum atomic E-state index is 10.2. The van der Waals surface area contributed by atoms with Crippen LogP contribution in [0.3, 0.4) is 0 Å². The van der Waals surface area contributed by atoms with E-state index in [0.29, 0.717) is 11.7 Å². The molecule has 0 saturated carbocycles. The highest BCUT2D eigenvalue weighted by atomic mass is 16.3. The fourth-order valence-corrected chi connectivity index (χ4v) is 1.89. The third kappa shape index (κ3) is 1.70. The minimum absolute atomic E-state index is 0.412. The lowest BCUT2D eigenvalue weighted by atomic mass is 9.94. The van der Waals surface area contributed by atoms with Crippen LogP contribution in [0.4, 0.5) is 0 Å². The lowest BCUT2D eigenvalue weighted by Crippen LogP contribution is -1.92. The molecule has 2 aromatic carbocycles. The Hall–Kier alpha value is -1.50. The van der Waals surface area contributed by atoms with Crippen molar-refractivity contribution in [3.05, 3.63) is 42.0 Å². The molecule has 0 aromatic heterocycles. The number of aromatic hydroxyl groups is 1. The van der Waals surface area contributed by atoms with Crippen molar-refractivity contribution in [1.29, 1.82) is 0 Å². The van der Waals surface area contributed by atoms with Gasteiger partial charge in [0.25, 0.3) is 0 Å². The van der Waals surface area contributed by atoms with Crippen molar-refractivity contribution in [1.82, 2.24) is 0 Å². The topological polar surface area (TPSA) is 20.2 Å². The Kier molecular flexibility index (Phi) is 2.63. The van der Waals surface area contributed by atoms with Crippen LogP contribution in [0.2, 0.25) is 0 Å². The first-order chi connectivity index (χ1) is 7.24. The molecule has 0 amide bonds. The molecule has 0 aliphatic carbocycles. The Morgan fingerprint density at radius 1 is 1.13 bits per heavy atom. The molecule has 1 unspecified atom stereocenters. The summed E-state index contributed by atoms with van der Waals surface area (Å²) < 4.78 is 0. The van der Waals surface area contributed by atoms with E-state index in [2.05, 4.69) is 19.9 Å². The van der Waals surface area contributed by atoms with Crippen LogP contribution in [-0.4, -0.2) is 5.11 Å². The van der Waals surface area contributed by atoms with E-state index in [1.807, 2.05) is 30.3 Å². The van der Waals surface area contributed by atoms with Crippen molar-refractivity contribution in [2.45, 2.75) is 26.2 Å². The molecule has 0 aliphatic heterocycles. The summed E-state index contributed by atoms with van der Waals surface area (Å²) in [6.45, 7) is 4.28. The van der Waals surface area contributed by atoms with Gasteiger partial charge in [-0.2, -0.15) is 0 Å². The van der Waals surface area contributed by atoms with E-state index in [4.69, 9.17) is 0 Å². The van der Waals surface area contributed by atoms with Gasteiger partial charge >= 0.3 is 0 Å². The fraction of sp³-hybridized carbons (Fsp3) is 0.286. The van der Waals surface area contributed by atoms with Crippen LogP contribution < -0.4 is 0 Å². The van der Waals surface area contributed by atoms with Gasteiger partial charge in [0.2, 0.25) is 0 Å². The van der Waals surface area contributed by atoms with Crippen LogP contribution in [0, 0.1) is 0 Å². The second-order valence-corrected chi connectivity index (χ2v) is 4.03. The highest BCUT2D eigenvalue weighted by molar-refractivity contribution is 5.89. The van der Waals surface area contributed by atoms with Crippen molar-refractivity contribution in [3.8, 4) is 5.75 Å². The summed E-state index contributed by atoms with van der Waals surface area (Å²) in [4.78, 5) is 0. The standard InChI is InChI=1S/C14H16O/c1-3-10(2)12-9-8-11-6-4-5-7-13(11)14(12)15/h4-10,15H,3H2,1-2H3. The quantitative estimate of drug-likeness (QED) is 0.775. The predicted octanol–water partition coefficient (Wildman–Crippen LogP) is 4.06. The molecule has 0 heterocycles. The highest BCUT2D eigenvalue weighted by Gasteiger charge is 2.10. The van der Waals surface area contributed by atoms with E-state index in [9.17, 15) is 5.11 Å². The van der Waals surface area contributed by atoms with Crippen molar-refractivity contribution in [2.24, 2.45) is 0 Å². The summed E-state index contributed by atoms with van der Waals surface area (Å²) in [6.07, 6.45) is 1.05. The summed E-state index contributed by atoms with van der Waals surface area (Å²) in [6, 6.07) is 12.1. The van der Waals surface area contributed by atoms with Gasteiger partial charge in [0, 0.05) is 5.39 Å². The Bertz CT molecular complexity index is 474. The smallest absolute Gasteiger partial charge is 0.126 e. The van der Waals surface area contributed by atoms with Gasteiger partial charge in [0.05, 0.1) is 0 Å². The zero-order valence-electron chi connectivity index (χ0n) is 9.20. The molecule has 0 saturated heterocycles. The first-order valence-electron chi connectivity index (χ1n) is 5.44. The van der Waals surface area contributed by atoms with Crippen LogP contribution in [0.1, 0.15) is 31.7 Å². The summed E-state index contributed by atoms with van der Waals surface area (Å²) in [5.41, 5.74) is 1.05. The zero-order chi connectivity index (χ0) is 10.8. The number of rotatable bonds is 2. The summed E-state index contributed by atoms with van der Waals surface area (Å²) in [5, 5.41) is 12.2. The second kappa shape index (κ2) is 3.93. The molecule has 0 spiro atoms. The van der Waals surface area contributed by atoms with Gasteiger partial charge in [-0.15, -0.1) is 0 Å². The van der Waals surface area contributed by atoms with E-state index < -0.39 is 0 Å². The second-order valence-electron chi connectivity index (χ2n) is 4.03. The van der Waals surface area contributed by atoms with E-state index in [1.165, 1.54) is 0 Å². The molecule has 0 fully saturated rings. The maximum Gasteiger partial charge on any atom is 0.126 e. The van der Waals surface area contributed by atoms with Gasteiger partial charge in [-0.3, -0.25) is 0 Å². The van der Waals surface area contributed by atoms with E-state index in [0.717, 1.165) is 22.8 Å². The Balaban J connectivity index is 2.65. The van der Waals surface area contributed by atoms with Gasteiger partial charge in [-0.1, -0.05) is 50.2 Å². The molecule has 1 atom stereocenters. The molecule has 1 N–H and O–H groups in total. The Morgan fingerprint density at radius 2 is 1.87 bits per heavy atom. The van der Waals surface area contributed by atoms with Crippen LogP contribution in [0.15, 0.2) is 36.4 Å². The van der Waals surface area contributed by atoms with E-state index in [-0.39, 0.29) is 0 Å². The third-order valence-electron chi connectivity index (χ3n) is 3.08. The van der Waals surface area contributed by atoms with Gasteiger partial charge in [0.15, 0.2) is 0 Å². The number of hydrogen-bond donors (Lipinski definition) is 1. The highest BCUT2D eigenvalue weighted by Crippen LogP contribution is 2.34. The first-order valence-corrected chi connectivity index (χ1v) is 5.44. The number of hydrogen-bond acceptors (Lipinski definition) is 1. The Morgan fingerprint density at radius 3 is 2.60 bits per heavy atom. The van der Waals surface area contributed by atoms with Gasteiger partial charge in [0.1, 0.15) is 5.75 Å². The monoisotopic (exact) mass is 200 g/mol.